The van der Waals surface area contributed by atoms with Crippen LogP contribution < -0.4 is 5.32 Å². The molecular weight excluding hydrogens is 190 g/mol. The van der Waals surface area contributed by atoms with Crippen LogP contribution >= 0.6 is 0 Å². The van der Waals surface area contributed by atoms with E-state index in [-0.39, 0.29) is 11.5 Å². The van der Waals surface area contributed by atoms with E-state index in [9.17, 15) is 10.2 Å². The smallest absolute Gasteiger partial charge is 0.153 e. The molecule has 1 atom stereocenters. The number of aliphatic hydroxyl groups is 2. The lowest BCUT2D eigenvalue weighted by Gasteiger charge is -2.25. The van der Waals surface area contributed by atoms with E-state index in [0.29, 0.717) is 12.5 Å². The van der Waals surface area contributed by atoms with Crippen molar-refractivity contribution in [2.45, 2.75) is 31.7 Å². The molecule has 1 saturated carbocycles. The molecule has 0 aromatic rings. The lowest BCUT2D eigenvalue weighted by Crippen LogP contribution is -2.29. The predicted molar refractivity (Wildman–Crippen MR) is 59.8 cm³/mol. The molecule has 2 aliphatic carbocycles. The van der Waals surface area contributed by atoms with Crippen LogP contribution in [0.1, 0.15) is 25.7 Å². The maximum Gasteiger partial charge on any atom is 0.153 e. The standard InChI is InChI=1S/C12H17NO2/c1-13-10-4-2-9-7-12(15)11(14)5-3-8(9)6-10/h3,7,10,13-15H,2,4-6H2,1H3. The monoisotopic (exact) mass is 207 g/mol. The van der Waals surface area contributed by atoms with E-state index in [2.05, 4.69) is 5.32 Å². The number of rotatable bonds is 1. The highest BCUT2D eigenvalue weighted by molar-refractivity contribution is 5.41. The van der Waals surface area contributed by atoms with Gasteiger partial charge in [-0.15, -0.1) is 0 Å². The maximum atomic E-state index is 9.52. The molecule has 0 aliphatic heterocycles. The number of hydrogen-bond acceptors (Lipinski definition) is 3. The Hall–Kier alpha value is -1.22. The molecular formula is C12H17NO2. The van der Waals surface area contributed by atoms with E-state index in [1.54, 1.807) is 6.08 Å². The molecule has 2 rings (SSSR count). The number of allylic oxidation sites excluding steroid dienone is 3. The first-order valence-corrected chi connectivity index (χ1v) is 5.39. The van der Waals surface area contributed by atoms with Gasteiger partial charge < -0.3 is 15.5 Å². The first-order chi connectivity index (χ1) is 7.20. The molecule has 0 spiro atoms. The number of nitrogens with one attached hydrogen (secondary N) is 1. The minimum atomic E-state index is 0.0270. The first kappa shape index (κ1) is 10.3. The summed E-state index contributed by atoms with van der Waals surface area (Å²) in [5, 5.41) is 22.2. The Kier molecular flexibility index (Phi) is 2.82. The van der Waals surface area contributed by atoms with Crippen molar-refractivity contribution in [3.05, 3.63) is 34.8 Å². The van der Waals surface area contributed by atoms with Gasteiger partial charge in [0.05, 0.1) is 0 Å². The molecule has 0 amide bonds. The van der Waals surface area contributed by atoms with Crippen LogP contribution in [0.2, 0.25) is 0 Å². The summed E-state index contributed by atoms with van der Waals surface area (Å²) >= 11 is 0. The molecule has 3 N–H and O–H groups in total. The molecule has 0 heterocycles. The van der Waals surface area contributed by atoms with Gasteiger partial charge in [0.15, 0.2) is 5.76 Å². The minimum absolute atomic E-state index is 0.0270. The van der Waals surface area contributed by atoms with E-state index >= 15 is 0 Å². The molecule has 3 nitrogen and oxygen atoms in total. The zero-order chi connectivity index (χ0) is 10.8. The van der Waals surface area contributed by atoms with Crippen LogP contribution in [0.15, 0.2) is 34.8 Å². The second-order valence-corrected chi connectivity index (χ2v) is 4.16. The lowest BCUT2D eigenvalue weighted by molar-refractivity contribution is 0.331. The molecule has 2 aliphatic rings. The fourth-order valence-electron chi connectivity index (χ4n) is 2.19. The summed E-state index contributed by atoms with van der Waals surface area (Å²) < 4.78 is 0. The van der Waals surface area contributed by atoms with Crippen molar-refractivity contribution in [1.82, 2.24) is 5.32 Å². The summed E-state index contributed by atoms with van der Waals surface area (Å²) in [7, 11) is 1.98. The van der Waals surface area contributed by atoms with Gasteiger partial charge in [0.2, 0.25) is 0 Å². The number of hydrogen-bond donors (Lipinski definition) is 3. The van der Waals surface area contributed by atoms with Gasteiger partial charge in [0.1, 0.15) is 5.76 Å². The van der Waals surface area contributed by atoms with Crippen LogP contribution in [-0.4, -0.2) is 23.3 Å². The molecule has 15 heavy (non-hydrogen) atoms. The third kappa shape index (κ3) is 2.07. The zero-order valence-corrected chi connectivity index (χ0v) is 8.95. The van der Waals surface area contributed by atoms with Crippen molar-refractivity contribution < 1.29 is 10.2 Å². The Bertz CT molecular complexity index is 353. The fraction of sp³-hybridized carbons (Fsp3) is 0.500. The van der Waals surface area contributed by atoms with Crippen molar-refractivity contribution in [1.29, 1.82) is 0 Å². The van der Waals surface area contributed by atoms with Crippen LogP contribution in [0.25, 0.3) is 0 Å². The van der Waals surface area contributed by atoms with Gasteiger partial charge in [-0.1, -0.05) is 6.08 Å². The van der Waals surface area contributed by atoms with Crippen molar-refractivity contribution in [3.63, 3.8) is 0 Å². The van der Waals surface area contributed by atoms with Gasteiger partial charge in [0.25, 0.3) is 0 Å². The molecule has 1 unspecified atom stereocenters. The van der Waals surface area contributed by atoms with E-state index in [1.807, 2.05) is 13.1 Å². The SMILES string of the molecule is CNC1CCC2=CC(O)=C(O)CC=C2C1. The number of fused-ring (bicyclic) bond motifs is 1. The van der Waals surface area contributed by atoms with Crippen LogP contribution in [0.3, 0.4) is 0 Å². The maximum absolute atomic E-state index is 9.52. The molecule has 0 saturated heterocycles. The molecule has 0 bridgehead atoms. The summed E-state index contributed by atoms with van der Waals surface area (Å²) in [5.41, 5.74) is 2.43. The second-order valence-electron chi connectivity index (χ2n) is 4.16. The van der Waals surface area contributed by atoms with Crippen LogP contribution in [0.4, 0.5) is 0 Å². The van der Waals surface area contributed by atoms with Crippen molar-refractivity contribution in [3.8, 4) is 0 Å². The predicted octanol–water partition coefficient (Wildman–Crippen LogP) is 2.34. The topological polar surface area (TPSA) is 52.5 Å². The third-order valence-electron chi connectivity index (χ3n) is 3.20. The number of aliphatic hydroxyl groups excluding tert-OH is 2. The summed E-state index contributed by atoms with van der Waals surface area (Å²) in [6.07, 6.45) is 7.22. The van der Waals surface area contributed by atoms with Crippen molar-refractivity contribution >= 4 is 0 Å². The van der Waals surface area contributed by atoms with E-state index in [1.165, 1.54) is 11.1 Å². The largest absolute Gasteiger partial charge is 0.508 e. The van der Waals surface area contributed by atoms with Crippen LogP contribution in [0, 0.1) is 0 Å². The van der Waals surface area contributed by atoms with Gasteiger partial charge >= 0.3 is 0 Å². The second kappa shape index (κ2) is 4.11. The quantitative estimate of drug-likeness (QED) is 0.618. The van der Waals surface area contributed by atoms with Crippen molar-refractivity contribution in [2.24, 2.45) is 0 Å². The minimum Gasteiger partial charge on any atom is -0.508 e. The molecule has 1 fully saturated rings. The van der Waals surface area contributed by atoms with E-state index < -0.39 is 0 Å². The highest BCUT2D eigenvalue weighted by Gasteiger charge is 2.21. The summed E-state index contributed by atoms with van der Waals surface area (Å²) in [5.74, 6) is 0.101. The molecule has 0 radical (unpaired) electrons. The summed E-state index contributed by atoms with van der Waals surface area (Å²) in [4.78, 5) is 0. The molecule has 82 valence electrons. The molecule has 0 aromatic carbocycles. The average Bonchev–Trinajstić information content (AvgIpc) is 2.39. The first-order valence-electron chi connectivity index (χ1n) is 5.39. The van der Waals surface area contributed by atoms with E-state index in [4.69, 9.17) is 0 Å². The highest BCUT2D eigenvalue weighted by Crippen LogP contribution is 2.32. The van der Waals surface area contributed by atoms with E-state index in [0.717, 1.165) is 19.3 Å². The molecule has 3 heteroatoms. The Labute approximate surface area is 89.8 Å². The fourth-order valence-corrected chi connectivity index (χ4v) is 2.19. The van der Waals surface area contributed by atoms with Gasteiger partial charge in [-0.3, -0.25) is 0 Å². The average molecular weight is 207 g/mol. The van der Waals surface area contributed by atoms with Gasteiger partial charge in [-0.05, 0) is 43.5 Å². The Morgan fingerprint density at radius 1 is 1.33 bits per heavy atom. The third-order valence-corrected chi connectivity index (χ3v) is 3.20. The van der Waals surface area contributed by atoms with Gasteiger partial charge in [-0.25, -0.2) is 0 Å². The Morgan fingerprint density at radius 3 is 2.87 bits per heavy atom. The van der Waals surface area contributed by atoms with Gasteiger partial charge in [-0.2, -0.15) is 0 Å². The summed E-state index contributed by atoms with van der Waals surface area (Å²) in [6.45, 7) is 0. The highest BCUT2D eigenvalue weighted by atomic mass is 16.3. The van der Waals surface area contributed by atoms with Gasteiger partial charge in [0, 0.05) is 12.5 Å². The Balaban J connectivity index is 2.23. The Morgan fingerprint density at radius 2 is 2.13 bits per heavy atom. The summed E-state index contributed by atoms with van der Waals surface area (Å²) in [6, 6.07) is 0.524. The zero-order valence-electron chi connectivity index (χ0n) is 8.95. The lowest BCUT2D eigenvalue weighted by atomic mass is 9.86. The van der Waals surface area contributed by atoms with Crippen molar-refractivity contribution in [2.75, 3.05) is 7.05 Å². The normalized spacial score (nSPS) is 26.6. The van der Waals surface area contributed by atoms with Crippen LogP contribution in [0.5, 0.6) is 0 Å². The van der Waals surface area contributed by atoms with Crippen LogP contribution in [-0.2, 0) is 0 Å². The molecule has 0 aromatic heterocycles.